The number of nitrogens with one attached hydrogen (secondary N) is 1. The van der Waals surface area contributed by atoms with Crippen LogP contribution >= 0.6 is 15.9 Å². The zero-order valence-electron chi connectivity index (χ0n) is 13.0. The van der Waals surface area contributed by atoms with Gasteiger partial charge in [-0.15, -0.1) is 0 Å². The minimum atomic E-state index is -0.993. The largest absolute Gasteiger partial charge is 0.351 e. The highest BCUT2D eigenvalue weighted by molar-refractivity contribution is 9.10. The number of piperidine rings is 1. The molecular weight excluding hydrogens is 342 g/mol. The van der Waals surface area contributed by atoms with Crippen molar-refractivity contribution < 1.29 is 4.79 Å². The number of halogens is 1. The second-order valence-corrected chi connectivity index (χ2v) is 7.65. The summed E-state index contributed by atoms with van der Waals surface area (Å²) in [6, 6.07) is 8.56. The summed E-state index contributed by atoms with van der Waals surface area (Å²) >= 11 is 3.41. The molecule has 0 radical (unpaired) electrons. The first-order chi connectivity index (χ1) is 10.5. The van der Waals surface area contributed by atoms with E-state index in [1.807, 2.05) is 24.3 Å². The molecule has 0 bridgehead atoms. The van der Waals surface area contributed by atoms with Crippen molar-refractivity contribution >= 4 is 21.8 Å². The van der Waals surface area contributed by atoms with Crippen LogP contribution in [0, 0.1) is 0 Å². The first-order valence-corrected chi connectivity index (χ1v) is 8.86. The molecule has 3 atom stereocenters. The third-order valence-electron chi connectivity index (χ3n) is 5.07. The van der Waals surface area contributed by atoms with Gasteiger partial charge in [0.25, 0.3) is 0 Å². The fourth-order valence-corrected chi connectivity index (χ4v) is 3.88. The minimum Gasteiger partial charge on any atom is -0.351 e. The summed E-state index contributed by atoms with van der Waals surface area (Å²) in [4.78, 5) is 15.2. The standard InChI is InChI=1S/C17H24BrN3O/c1-17(19,12-4-6-13(18)7-5-12)16(22)20-14-8-10-21-9-2-3-15(21)11-14/h4-7,14-15H,2-3,8-11,19H2,1H3,(H,20,22). The van der Waals surface area contributed by atoms with Crippen molar-refractivity contribution in [3.05, 3.63) is 34.3 Å². The van der Waals surface area contributed by atoms with Crippen LogP contribution in [0.5, 0.6) is 0 Å². The molecular formula is C17H24BrN3O. The topological polar surface area (TPSA) is 58.4 Å². The maximum Gasteiger partial charge on any atom is 0.244 e. The summed E-state index contributed by atoms with van der Waals surface area (Å²) in [5.41, 5.74) is 6.16. The van der Waals surface area contributed by atoms with Gasteiger partial charge in [0.1, 0.15) is 5.54 Å². The molecule has 2 heterocycles. The number of fused-ring (bicyclic) bond motifs is 1. The van der Waals surface area contributed by atoms with E-state index >= 15 is 0 Å². The molecule has 0 aromatic heterocycles. The molecule has 2 aliphatic heterocycles. The van der Waals surface area contributed by atoms with E-state index in [-0.39, 0.29) is 11.9 Å². The zero-order valence-corrected chi connectivity index (χ0v) is 14.6. The van der Waals surface area contributed by atoms with E-state index in [2.05, 4.69) is 26.1 Å². The van der Waals surface area contributed by atoms with Gasteiger partial charge >= 0.3 is 0 Å². The first kappa shape index (κ1) is 16.0. The Morgan fingerprint density at radius 2 is 2.05 bits per heavy atom. The van der Waals surface area contributed by atoms with Crippen LogP contribution in [0.1, 0.15) is 38.2 Å². The molecule has 3 rings (SSSR count). The molecule has 120 valence electrons. The van der Waals surface area contributed by atoms with Crippen LogP contribution in [0.25, 0.3) is 0 Å². The molecule has 1 aromatic rings. The van der Waals surface area contributed by atoms with Crippen molar-refractivity contribution in [2.45, 2.75) is 50.2 Å². The van der Waals surface area contributed by atoms with Crippen molar-refractivity contribution in [3.8, 4) is 0 Å². The number of carbonyl (C=O) groups excluding carboxylic acids is 1. The number of hydrogen-bond donors (Lipinski definition) is 2. The highest BCUT2D eigenvalue weighted by Gasteiger charge is 2.36. The lowest BCUT2D eigenvalue weighted by Gasteiger charge is -2.36. The third-order valence-corrected chi connectivity index (χ3v) is 5.60. The van der Waals surface area contributed by atoms with E-state index in [1.165, 1.54) is 19.4 Å². The van der Waals surface area contributed by atoms with Gasteiger partial charge in [-0.1, -0.05) is 28.1 Å². The SMILES string of the molecule is CC(N)(C(=O)NC1CCN2CCCC2C1)c1ccc(Br)cc1. The van der Waals surface area contributed by atoms with Gasteiger partial charge in [0.2, 0.25) is 5.91 Å². The molecule has 0 spiro atoms. The van der Waals surface area contributed by atoms with Crippen molar-refractivity contribution in [1.82, 2.24) is 10.2 Å². The van der Waals surface area contributed by atoms with Crippen LogP contribution in [0.3, 0.4) is 0 Å². The Kier molecular flexibility index (Phi) is 4.57. The number of rotatable bonds is 3. The second-order valence-electron chi connectivity index (χ2n) is 6.74. The molecule has 2 fully saturated rings. The van der Waals surface area contributed by atoms with E-state index in [4.69, 9.17) is 5.73 Å². The molecule has 2 saturated heterocycles. The molecule has 2 aliphatic rings. The summed E-state index contributed by atoms with van der Waals surface area (Å²) in [6.45, 7) is 4.10. The summed E-state index contributed by atoms with van der Waals surface area (Å²) in [7, 11) is 0. The molecule has 0 saturated carbocycles. The number of amides is 1. The smallest absolute Gasteiger partial charge is 0.244 e. The van der Waals surface area contributed by atoms with Gasteiger partial charge in [-0.2, -0.15) is 0 Å². The van der Waals surface area contributed by atoms with Crippen LogP contribution in [-0.2, 0) is 10.3 Å². The quantitative estimate of drug-likeness (QED) is 0.864. The Morgan fingerprint density at radius 1 is 1.32 bits per heavy atom. The van der Waals surface area contributed by atoms with E-state index in [0.717, 1.165) is 29.4 Å². The number of nitrogens with two attached hydrogens (primary N) is 1. The summed E-state index contributed by atoms with van der Waals surface area (Å²) in [5, 5.41) is 3.18. The summed E-state index contributed by atoms with van der Waals surface area (Å²) in [5.74, 6) is -0.0775. The highest BCUT2D eigenvalue weighted by atomic mass is 79.9. The summed E-state index contributed by atoms with van der Waals surface area (Å²) in [6.07, 6.45) is 4.64. The molecule has 0 aliphatic carbocycles. The van der Waals surface area contributed by atoms with Gasteiger partial charge < -0.3 is 16.0 Å². The number of benzene rings is 1. The Morgan fingerprint density at radius 3 is 2.77 bits per heavy atom. The lowest BCUT2D eigenvalue weighted by molar-refractivity contribution is -0.127. The van der Waals surface area contributed by atoms with Crippen LogP contribution in [0.4, 0.5) is 0 Å². The van der Waals surface area contributed by atoms with Gasteiger partial charge in [0.15, 0.2) is 0 Å². The van der Waals surface area contributed by atoms with E-state index in [0.29, 0.717) is 6.04 Å². The van der Waals surface area contributed by atoms with E-state index < -0.39 is 5.54 Å². The number of carbonyl (C=O) groups is 1. The van der Waals surface area contributed by atoms with E-state index in [1.54, 1.807) is 6.92 Å². The fraction of sp³-hybridized carbons (Fsp3) is 0.588. The highest BCUT2D eigenvalue weighted by Crippen LogP contribution is 2.28. The average molecular weight is 366 g/mol. The lowest BCUT2D eigenvalue weighted by atomic mass is 9.90. The van der Waals surface area contributed by atoms with Crippen LogP contribution in [0.15, 0.2) is 28.7 Å². The van der Waals surface area contributed by atoms with Crippen molar-refractivity contribution in [2.24, 2.45) is 5.73 Å². The maximum atomic E-state index is 12.6. The molecule has 1 amide bonds. The molecule has 3 unspecified atom stereocenters. The normalized spacial score (nSPS) is 28.0. The molecule has 5 heteroatoms. The number of nitrogens with zero attached hydrogens (tertiary/aromatic N) is 1. The lowest BCUT2D eigenvalue weighted by Crippen LogP contribution is -2.55. The van der Waals surface area contributed by atoms with E-state index in [9.17, 15) is 4.79 Å². The fourth-order valence-electron chi connectivity index (χ4n) is 3.62. The van der Waals surface area contributed by atoms with Gasteiger partial charge in [-0.05, 0) is 56.8 Å². The number of hydrogen-bond acceptors (Lipinski definition) is 3. The first-order valence-electron chi connectivity index (χ1n) is 8.07. The molecule has 1 aromatic carbocycles. The van der Waals surface area contributed by atoms with Gasteiger partial charge in [-0.25, -0.2) is 0 Å². The van der Waals surface area contributed by atoms with Crippen molar-refractivity contribution in [2.75, 3.05) is 13.1 Å². The average Bonchev–Trinajstić information content (AvgIpc) is 2.95. The summed E-state index contributed by atoms with van der Waals surface area (Å²) < 4.78 is 0.987. The van der Waals surface area contributed by atoms with Crippen LogP contribution < -0.4 is 11.1 Å². The predicted octanol–water partition coefficient (Wildman–Crippen LogP) is 2.37. The monoisotopic (exact) mass is 365 g/mol. The van der Waals surface area contributed by atoms with Crippen molar-refractivity contribution in [1.29, 1.82) is 0 Å². The van der Waals surface area contributed by atoms with Crippen molar-refractivity contribution in [3.63, 3.8) is 0 Å². The second kappa shape index (κ2) is 6.30. The van der Waals surface area contributed by atoms with Crippen LogP contribution in [-0.4, -0.2) is 36.0 Å². The maximum absolute atomic E-state index is 12.6. The molecule has 4 nitrogen and oxygen atoms in total. The Bertz CT molecular complexity index is 543. The van der Waals surface area contributed by atoms with Crippen LogP contribution in [0.2, 0.25) is 0 Å². The predicted molar refractivity (Wildman–Crippen MR) is 91.4 cm³/mol. The third kappa shape index (κ3) is 3.21. The minimum absolute atomic E-state index is 0.0775. The Labute approximate surface area is 140 Å². The molecule has 22 heavy (non-hydrogen) atoms. The van der Waals surface area contributed by atoms with Gasteiger partial charge in [0.05, 0.1) is 0 Å². The Hall–Kier alpha value is -0.910. The molecule has 3 N–H and O–H groups in total. The Balaban J connectivity index is 1.64. The van der Waals surface area contributed by atoms with Gasteiger partial charge in [-0.3, -0.25) is 4.79 Å². The van der Waals surface area contributed by atoms with Gasteiger partial charge in [0, 0.05) is 23.1 Å². The zero-order chi connectivity index (χ0) is 15.7.